The Morgan fingerprint density at radius 3 is 2.67 bits per heavy atom. The third-order valence-electron chi connectivity index (χ3n) is 4.66. The fraction of sp³-hybridized carbons (Fsp3) is 0.526. The molecule has 0 aliphatic carbocycles. The quantitative estimate of drug-likeness (QED) is 0.515. The summed E-state index contributed by atoms with van der Waals surface area (Å²) < 4.78 is 5.53. The molecule has 0 saturated carbocycles. The van der Waals surface area contributed by atoms with Crippen molar-refractivity contribution in [3.8, 4) is 0 Å². The SMILES string of the molecule is CCCNCCNC(=O)c1ccc2c(c1)C(=O)N(CC1CCCO1)C2=O.Cl. The highest BCUT2D eigenvalue weighted by Crippen LogP contribution is 2.26. The number of benzene rings is 1. The topological polar surface area (TPSA) is 87.7 Å². The van der Waals surface area contributed by atoms with Crippen LogP contribution in [-0.2, 0) is 4.74 Å². The highest BCUT2D eigenvalue weighted by molar-refractivity contribution is 6.22. The molecule has 7 nitrogen and oxygen atoms in total. The average Bonchev–Trinajstić information content (AvgIpc) is 3.24. The van der Waals surface area contributed by atoms with Crippen LogP contribution in [0.5, 0.6) is 0 Å². The van der Waals surface area contributed by atoms with Gasteiger partial charge in [0.25, 0.3) is 17.7 Å². The molecule has 2 N–H and O–H groups in total. The zero-order chi connectivity index (χ0) is 18.5. The molecule has 1 aromatic rings. The van der Waals surface area contributed by atoms with Crippen LogP contribution in [0.1, 0.15) is 57.3 Å². The van der Waals surface area contributed by atoms with Gasteiger partial charge in [-0.2, -0.15) is 0 Å². The van der Waals surface area contributed by atoms with Gasteiger partial charge in [-0.15, -0.1) is 12.4 Å². The van der Waals surface area contributed by atoms with Crippen molar-refractivity contribution in [3.05, 3.63) is 34.9 Å². The highest BCUT2D eigenvalue weighted by atomic mass is 35.5. The molecule has 1 atom stereocenters. The molecule has 27 heavy (non-hydrogen) atoms. The van der Waals surface area contributed by atoms with Crippen LogP contribution < -0.4 is 10.6 Å². The Labute approximate surface area is 165 Å². The Bertz CT molecular complexity index is 704. The van der Waals surface area contributed by atoms with E-state index in [4.69, 9.17) is 4.74 Å². The molecule has 2 heterocycles. The van der Waals surface area contributed by atoms with Crippen molar-refractivity contribution in [2.75, 3.05) is 32.8 Å². The van der Waals surface area contributed by atoms with Gasteiger partial charge < -0.3 is 15.4 Å². The highest BCUT2D eigenvalue weighted by Gasteiger charge is 2.37. The molecule has 1 saturated heterocycles. The molecule has 148 valence electrons. The maximum atomic E-state index is 12.6. The Morgan fingerprint density at radius 2 is 1.96 bits per heavy atom. The van der Waals surface area contributed by atoms with Crippen LogP contribution in [0.25, 0.3) is 0 Å². The number of carbonyl (C=O) groups excluding carboxylic acids is 3. The van der Waals surface area contributed by atoms with E-state index >= 15 is 0 Å². The predicted octanol–water partition coefficient (Wildman–Crippen LogP) is 1.61. The summed E-state index contributed by atoms with van der Waals surface area (Å²) in [6, 6.07) is 4.67. The zero-order valence-corrected chi connectivity index (χ0v) is 16.3. The average molecular weight is 396 g/mol. The number of halogens is 1. The normalized spacial score (nSPS) is 18.4. The summed E-state index contributed by atoms with van der Waals surface area (Å²) in [5.41, 5.74) is 1.04. The number of hydrogen-bond donors (Lipinski definition) is 2. The maximum absolute atomic E-state index is 12.6. The van der Waals surface area contributed by atoms with Crippen molar-refractivity contribution in [3.63, 3.8) is 0 Å². The molecule has 0 spiro atoms. The number of hydrogen-bond acceptors (Lipinski definition) is 5. The number of imide groups is 1. The number of nitrogens with zero attached hydrogens (tertiary/aromatic N) is 1. The molecule has 0 bridgehead atoms. The summed E-state index contributed by atoms with van der Waals surface area (Å²) in [5.74, 6) is -0.903. The van der Waals surface area contributed by atoms with Crippen molar-refractivity contribution >= 4 is 30.1 Å². The smallest absolute Gasteiger partial charge is 0.261 e. The van der Waals surface area contributed by atoms with E-state index in [-0.39, 0.29) is 42.8 Å². The fourth-order valence-electron chi connectivity index (χ4n) is 3.26. The second kappa shape index (κ2) is 9.82. The zero-order valence-electron chi connectivity index (χ0n) is 15.5. The first-order valence-corrected chi connectivity index (χ1v) is 9.22. The minimum Gasteiger partial charge on any atom is -0.376 e. The van der Waals surface area contributed by atoms with E-state index in [2.05, 4.69) is 17.6 Å². The van der Waals surface area contributed by atoms with Crippen molar-refractivity contribution in [2.45, 2.75) is 32.3 Å². The summed E-state index contributed by atoms with van der Waals surface area (Å²) in [6.07, 6.45) is 2.76. The molecule has 3 rings (SSSR count). The Morgan fingerprint density at radius 1 is 1.19 bits per heavy atom. The minimum atomic E-state index is -0.347. The van der Waals surface area contributed by atoms with E-state index in [1.165, 1.54) is 11.0 Å². The third-order valence-corrected chi connectivity index (χ3v) is 4.66. The minimum absolute atomic E-state index is 0. The molecule has 8 heteroatoms. The number of amides is 3. The Hall–Kier alpha value is -1.96. The maximum Gasteiger partial charge on any atom is 0.261 e. The lowest BCUT2D eigenvalue weighted by atomic mass is 10.1. The van der Waals surface area contributed by atoms with E-state index in [1.807, 2.05) is 0 Å². The van der Waals surface area contributed by atoms with E-state index < -0.39 is 0 Å². The van der Waals surface area contributed by atoms with Gasteiger partial charge in [0.15, 0.2) is 0 Å². The Kier molecular flexibility index (Phi) is 7.77. The number of nitrogens with one attached hydrogen (secondary N) is 2. The van der Waals surface area contributed by atoms with Gasteiger partial charge in [0.1, 0.15) is 0 Å². The first-order chi connectivity index (χ1) is 12.6. The second-order valence-electron chi connectivity index (χ2n) is 6.62. The Balaban J connectivity index is 0.00000261. The molecule has 1 fully saturated rings. The van der Waals surface area contributed by atoms with Gasteiger partial charge in [-0.3, -0.25) is 19.3 Å². The van der Waals surface area contributed by atoms with Crippen molar-refractivity contribution in [1.29, 1.82) is 0 Å². The fourth-order valence-corrected chi connectivity index (χ4v) is 3.26. The first-order valence-electron chi connectivity index (χ1n) is 9.22. The van der Waals surface area contributed by atoms with Crippen LogP contribution in [-0.4, -0.2) is 61.5 Å². The van der Waals surface area contributed by atoms with Crippen LogP contribution in [0.3, 0.4) is 0 Å². The lowest BCUT2D eigenvalue weighted by Crippen LogP contribution is -2.36. The molecule has 0 aromatic heterocycles. The van der Waals surface area contributed by atoms with Crippen LogP contribution in [0.15, 0.2) is 18.2 Å². The van der Waals surface area contributed by atoms with Gasteiger partial charge >= 0.3 is 0 Å². The molecule has 1 aromatic carbocycles. The first kappa shape index (κ1) is 21.3. The molecule has 0 radical (unpaired) electrons. The molecule has 3 amide bonds. The monoisotopic (exact) mass is 395 g/mol. The number of carbonyl (C=O) groups is 3. The van der Waals surface area contributed by atoms with E-state index in [9.17, 15) is 14.4 Å². The predicted molar refractivity (Wildman–Crippen MR) is 104 cm³/mol. The van der Waals surface area contributed by atoms with Crippen LogP contribution in [0.2, 0.25) is 0 Å². The van der Waals surface area contributed by atoms with Crippen LogP contribution in [0, 0.1) is 0 Å². The summed E-state index contributed by atoms with van der Waals surface area (Å²) in [7, 11) is 0. The van der Waals surface area contributed by atoms with E-state index in [1.54, 1.807) is 12.1 Å². The molecule has 1 unspecified atom stereocenters. The lowest BCUT2D eigenvalue weighted by molar-refractivity contribution is 0.0475. The van der Waals surface area contributed by atoms with Gasteiger partial charge in [0, 0.05) is 25.3 Å². The van der Waals surface area contributed by atoms with Gasteiger partial charge in [0.05, 0.1) is 23.8 Å². The molecule has 2 aliphatic rings. The lowest BCUT2D eigenvalue weighted by Gasteiger charge is -2.17. The number of ether oxygens (including phenoxy) is 1. The number of rotatable bonds is 8. The van der Waals surface area contributed by atoms with Crippen molar-refractivity contribution in [2.24, 2.45) is 0 Å². The molecule has 2 aliphatic heterocycles. The van der Waals surface area contributed by atoms with Gasteiger partial charge in [-0.1, -0.05) is 6.92 Å². The largest absolute Gasteiger partial charge is 0.376 e. The van der Waals surface area contributed by atoms with E-state index in [0.717, 1.165) is 25.8 Å². The summed E-state index contributed by atoms with van der Waals surface area (Å²) in [6.45, 7) is 5.13. The summed E-state index contributed by atoms with van der Waals surface area (Å²) in [5, 5.41) is 6.02. The number of fused-ring (bicyclic) bond motifs is 1. The van der Waals surface area contributed by atoms with E-state index in [0.29, 0.717) is 36.4 Å². The van der Waals surface area contributed by atoms with Crippen molar-refractivity contribution in [1.82, 2.24) is 15.5 Å². The van der Waals surface area contributed by atoms with Gasteiger partial charge in [-0.25, -0.2) is 0 Å². The van der Waals surface area contributed by atoms with Gasteiger partial charge in [-0.05, 0) is 44.0 Å². The van der Waals surface area contributed by atoms with Crippen LogP contribution in [0.4, 0.5) is 0 Å². The van der Waals surface area contributed by atoms with Gasteiger partial charge in [0.2, 0.25) is 0 Å². The van der Waals surface area contributed by atoms with Crippen LogP contribution >= 0.6 is 12.4 Å². The third kappa shape index (κ3) is 4.86. The molecular formula is C19H26ClN3O4. The van der Waals surface area contributed by atoms with Crippen molar-refractivity contribution < 1.29 is 19.1 Å². The standard InChI is InChI=1S/C19H25N3O4.ClH/c1-2-7-20-8-9-21-17(23)13-5-6-15-16(11-13)19(25)22(18(15)24)12-14-4-3-10-26-14;/h5-6,11,14,20H,2-4,7-10,12H2,1H3,(H,21,23);1H. The summed E-state index contributed by atoms with van der Waals surface area (Å²) >= 11 is 0. The second-order valence-corrected chi connectivity index (χ2v) is 6.62. The molecular weight excluding hydrogens is 370 g/mol. The summed E-state index contributed by atoms with van der Waals surface area (Å²) in [4.78, 5) is 38.6.